The summed E-state index contributed by atoms with van der Waals surface area (Å²) in [6.45, 7) is 3.39. The van der Waals surface area contributed by atoms with Crippen molar-refractivity contribution in [1.82, 2.24) is 9.97 Å². The van der Waals surface area contributed by atoms with Gasteiger partial charge in [0.2, 0.25) is 5.88 Å². The average molecular weight is 228 g/mol. The maximum absolute atomic E-state index is 10.3. The van der Waals surface area contributed by atoms with Crippen molar-refractivity contribution in [2.75, 3.05) is 13.7 Å². The van der Waals surface area contributed by atoms with Gasteiger partial charge in [-0.2, -0.15) is 0 Å². The number of esters is 1. The number of methoxy groups -OCH3 is 1. The number of hydrogen-bond acceptors (Lipinski definition) is 6. The quantitative estimate of drug-likeness (QED) is 0.755. The molecule has 0 fully saturated rings. The molecule has 1 atom stereocenters. The lowest BCUT2D eigenvalue weighted by Crippen LogP contribution is -2.18. The van der Waals surface area contributed by atoms with Crippen LogP contribution in [0.15, 0.2) is 18.6 Å². The van der Waals surface area contributed by atoms with Crippen LogP contribution in [-0.4, -0.2) is 40.9 Å². The monoisotopic (exact) mass is 228 g/mol. The van der Waals surface area contributed by atoms with Crippen molar-refractivity contribution in [2.45, 2.75) is 20.0 Å². The number of rotatable bonds is 3. The van der Waals surface area contributed by atoms with E-state index in [9.17, 15) is 4.79 Å². The van der Waals surface area contributed by atoms with Crippen LogP contribution >= 0.6 is 0 Å². The van der Waals surface area contributed by atoms with Gasteiger partial charge in [-0.3, -0.25) is 4.98 Å². The zero-order valence-corrected chi connectivity index (χ0v) is 9.58. The topological polar surface area (TPSA) is 81.5 Å². The third kappa shape index (κ3) is 6.72. The van der Waals surface area contributed by atoms with Gasteiger partial charge >= 0.3 is 5.97 Å². The van der Waals surface area contributed by atoms with Crippen LogP contribution in [0.2, 0.25) is 0 Å². The Hall–Kier alpha value is -1.69. The van der Waals surface area contributed by atoms with Gasteiger partial charge in [0.15, 0.2) is 0 Å². The van der Waals surface area contributed by atoms with E-state index in [1.807, 2.05) is 0 Å². The molecule has 0 saturated carbocycles. The Balaban J connectivity index is 0.000000281. The van der Waals surface area contributed by atoms with E-state index in [0.717, 1.165) is 0 Å². The molecule has 0 saturated heterocycles. The van der Waals surface area contributed by atoms with Crippen LogP contribution in [0.5, 0.6) is 5.88 Å². The van der Waals surface area contributed by atoms with Crippen molar-refractivity contribution in [3.63, 3.8) is 0 Å². The molecular weight excluding hydrogens is 212 g/mol. The molecule has 1 unspecified atom stereocenters. The Morgan fingerprint density at radius 2 is 2.25 bits per heavy atom. The molecule has 1 rings (SSSR count). The first-order chi connectivity index (χ1) is 7.61. The highest BCUT2D eigenvalue weighted by Crippen LogP contribution is 1.96. The Morgan fingerprint density at radius 3 is 2.50 bits per heavy atom. The highest BCUT2D eigenvalue weighted by atomic mass is 16.5. The first-order valence-corrected chi connectivity index (χ1v) is 4.76. The second-order valence-electron chi connectivity index (χ2n) is 2.68. The molecule has 0 bridgehead atoms. The smallest absolute Gasteiger partial charge is 0.334 e. The van der Waals surface area contributed by atoms with Crippen molar-refractivity contribution in [3.05, 3.63) is 18.6 Å². The number of ether oxygens (including phenoxy) is 2. The van der Waals surface area contributed by atoms with Crippen molar-refractivity contribution < 1.29 is 19.4 Å². The van der Waals surface area contributed by atoms with Gasteiger partial charge in [-0.25, -0.2) is 9.78 Å². The molecule has 90 valence electrons. The lowest BCUT2D eigenvalue weighted by molar-refractivity contribution is -0.151. The van der Waals surface area contributed by atoms with Gasteiger partial charge in [-0.05, 0) is 13.8 Å². The van der Waals surface area contributed by atoms with Gasteiger partial charge in [-0.1, -0.05) is 0 Å². The zero-order chi connectivity index (χ0) is 12.4. The molecule has 0 aliphatic carbocycles. The molecule has 6 heteroatoms. The van der Waals surface area contributed by atoms with Crippen LogP contribution in [0.4, 0.5) is 0 Å². The summed E-state index contributed by atoms with van der Waals surface area (Å²) in [6, 6.07) is 0. The van der Waals surface area contributed by atoms with Crippen LogP contribution in [0.3, 0.4) is 0 Å². The highest BCUT2D eigenvalue weighted by Gasteiger charge is 2.07. The summed E-state index contributed by atoms with van der Waals surface area (Å²) in [6.07, 6.45) is 3.75. The van der Waals surface area contributed by atoms with E-state index < -0.39 is 12.1 Å². The third-order valence-corrected chi connectivity index (χ3v) is 1.38. The average Bonchev–Trinajstić information content (AvgIpc) is 2.31. The Bertz CT molecular complexity index is 290. The lowest BCUT2D eigenvalue weighted by Gasteiger charge is -2.01. The first kappa shape index (κ1) is 14.3. The summed E-state index contributed by atoms with van der Waals surface area (Å²) < 4.78 is 9.15. The molecule has 0 spiro atoms. The van der Waals surface area contributed by atoms with E-state index in [-0.39, 0.29) is 0 Å². The summed E-state index contributed by atoms with van der Waals surface area (Å²) in [4.78, 5) is 17.9. The number of nitrogens with zero attached hydrogens (tertiary/aromatic N) is 2. The summed E-state index contributed by atoms with van der Waals surface area (Å²) in [5.41, 5.74) is 0. The fraction of sp³-hybridized carbons (Fsp3) is 0.500. The van der Waals surface area contributed by atoms with Gasteiger partial charge in [0.05, 0.1) is 19.9 Å². The minimum Gasteiger partial charge on any atom is -0.480 e. The fourth-order valence-electron chi connectivity index (χ4n) is 0.654. The van der Waals surface area contributed by atoms with Gasteiger partial charge in [0, 0.05) is 12.4 Å². The maximum atomic E-state index is 10.3. The molecule has 1 aromatic heterocycles. The molecule has 0 radical (unpaired) electrons. The predicted octanol–water partition coefficient (Wildman–Crippen LogP) is 0.415. The minimum absolute atomic E-state index is 0.323. The number of aliphatic hydroxyl groups is 1. The zero-order valence-electron chi connectivity index (χ0n) is 9.58. The molecule has 16 heavy (non-hydrogen) atoms. The molecule has 0 aliphatic heterocycles. The lowest BCUT2D eigenvalue weighted by atomic mass is 10.4. The minimum atomic E-state index is -0.991. The van der Waals surface area contributed by atoms with Crippen molar-refractivity contribution in [1.29, 1.82) is 0 Å². The van der Waals surface area contributed by atoms with Crippen LogP contribution in [0, 0.1) is 0 Å². The van der Waals surface area contributed by atoms with E-state index in [4.69, 9.17) is 9.84 Å². The van der Waals surface area contributed by atoms with Crippen LogP contribution in [0.25, 0.3) is 0 Å². The summed E-state index contributed by atoms with van der Waals surface area (Å²) in [5.74, 6) is -0.0139. The first-order valence-electron chi connectivity index (χ1n) is 4.76. The highest BCUT2D eigenvalue weighted by molar-refractivity contribution is 5.73. The Kier molecular flexibility index (Phi) is 7.70. The number of aromatic nitrogens is 2. The maximum Gasteiger partial charge on any atom is 0.334 e. The van der Waals surface area contributed by atoms with Crippen LogP contribution in [-0.2, 0) is 9.53 Å². The molecule has 1 heterocycles. The van der Waals surface area contributed by atoms with E-state index in [1.54, 1.807) is 32.6 Å². The van der Waals surface area contributed by atoms with Crippen molar-refractivity contribution in [3.8, 4) is 5.88 Å². The van der Waals surface area contributed by atoms with Crippen LogP contribution < -0.4 is 4.74 Å². The molecule has 6 nitrogen and oxygen atoms in total. The third-order valence-electron chi connectivity index (χ3n) is 1.38. The molecular formula is C10H16N2O4. The van der Waals surface area contributed by atoms with Crippen molar-refractivity contribution in [2.24, 2.45) is 0 Å². The standard InChI is InChI=1S/C5H6N2O.C5H10O3/c1-8-5-4-6-2-3-7-5;1-3-8-5(7)4(2)6/h2-4H,1H3;4,6H,3H2,1-2H3. The Labute approximate surface area is 94.2 Å². The number of hydrogen-bond donors (Lipinski definition) is 1. The Morgan fingerprint density at radius 1 is 1.56 bits per heavy atom. The van der Waals surface area contributed by atoms with Crippen LogP contribution in [0.1, 0.15) is 13.8 Å². The molecule has 0 aromatic carbocycles. The second kappa shape index (κ2) is 8.60. The number of carbonyl (C=O) groups is 1. The summed E-state index contributed by atoms with van der Waals surface area (Å²) in [5, 5.41) is 8.48. The summed E-state index contributed by atoms with van der Waals surface area (Å²) >= 11 is 0. The largest absolute Gasteiger partial charge is 0.480 e. The van der Waals surface area contributed by atoms with Gasteiger partial charge < -0.3 is 14.6 Å². The van der Waals surface area contributed by atoms with Crippen molar-refractivity contribution >= 4 is 5.97 Å². The fourth-order valence-corrected chi connectivity index (χ4v) is 0.654. The predicted molar refractivity (Wildman–Crippen MR) is 56.9 cm³/mol. The number of aliphatic hydroxyl groups excluding tert-OH is 1. The van der Waals surface area contributed by atoms with E-state index in [2.05, 4.69) is 14.7 Å². The van der Waals surface area contributed by atoms with Gasteiger partial charge in [-0.15, -0.1) is 0 Å². The summed E-state index contributed by atoms with van der Waals surface area (Å²) in [7, 11) is 1.56. The molecule has 1 N–H and O–H groups in total. The van der Waals surface area contributed by atoms with Gasteiger partial charge in [0.1, 0.15) is 6.10 Å². The second-order valence-corrected chi connectivity index (χ2v) is 2.68. The number of carbonyl (C=O) groups excluding carboxylic acids is 1. The SMILES string of the molecule is CCOC(=O)C(C)O.COc1cnccn1. The van der Waals surface area contributed by atoms with E-state index in [1.165, 1.54) is 6.92 Å². The molecule has 0 amide bonds. The van der Waals surface area contributed by atoms with E-state index >= 15 is 0 Å². The van der Waals surface area contributed by atoms with E-state index in [0.29, 0.717) is 12.5 Å². The molecule has 0 aliphatic rings. The molecule has 1 aromatic rings. The van der Waals surface area contributed by atoms with Gasteiger partial charge in [0.25, 0.3) is 0 Å². The normalized spacial score (nSPS) is 10.8.